The second-order valence-electron chi connectivity index (χ2n) is 7.03. The SMILES string of the molecule is CC1CN(C(=O)C(C)OC(=O)c2ccccc2NC(=O)c2cccs2)CC(C)O1. The van der Waals surface area contributed by atoms with Gasteiger partial charge in [-0.2, -0.15) is 0 Å². The lowest BCUT2D eigenvalue weighted by atomic mass is 10.1. The zero-order chi connectivity index (χ0) is 21.0. The van der Waals surface area contributed by atoms with E-state index >= 15 is 0 Å². The van der Waals surface area contributed by atoms with Crippen LogP contribution in [0.4, 0.5) is 5.69 Å². The minimum atomic E-state index is -0.943. The lowest BCUT2D eigenvalue weighted by Crippen LogP contribution is -2.51. The predicted octanol–water partition coefficient (Wildman–Crippen LogP) is 3.18. The van der Waals surface area contributed by atoms with E-state index in [-0.39, 0.29) is 29.6 Å². The summed E-state index contributed by atoms with van der Waals surface area (Å²) in [5.41, 5.74) is 0.532. The van der Waals surface area contributed by atoms with E-state index in [1.807, 2.05) is 13.8 Å². The molecule has 3 unspecified atom stereocenters. The number of thiophene rings is 1. The first-order valence-corrected chi connectivity index (χ1v) is 10.3. The number of carbonyl (C=O) groups is 3. The van der Waals surface area contributed by atoms with Crippen molar-refractivity contribution in [2.75, 3.05) is 18.4 Å². The Kier molecular flexibility index (Phi) is 6.66. The lowest BCUT2D eigenvalue weighted by Gasteiger charge is -2.36. The number of nitrogens with zero attached hydrogens (tertiary/aromatic N) is 1. The van der Waals surface area contributed by atoms with E-state index in [2.05, 4.69) is 5.32 Å². The number of esters is 1. The van der Waals surface area contributed by atoms with Crippen molar-refractivity contribution in [2.45, 2.75) is 39.1 Å². The Morgan fingerprint density at radius 3 is 2.48 bits per heavy atom. The Morgan fingerprint density at radius 1 is 1.14 bits per heavy atom. The molecular weight excluding hydrogens is 392 g/mol. The van der Waals surface area contributed by atoms with Crippen LogP contribution in [0.5, 0.6) is 0 Å². The molecule has 154 valence electrons. The summed E-state index contributed by atoms with van der Waals surface area (Å²) < 4.78 is 11.1. The summed E-state index contributed by atoms with van der Waals surface area (Å²) in [6.07, 6.45) is -1.08. The van der Waals surface area contributed by atoms with Gasteiger partial charge in [-0.15, -0.1) is 11.3 Å². The second kappa shape index (κ2) is 9.19. The molecule has 8 heteroatoms. The smallest absolute Gasteiger partial charge is 0.341 e. The molecule has 2 heterocycles. The van der Waals surface area contributed by atoms with E-state index in [4.69, 9.17) is 9.47 Å². The van der Waals surface area contributed by atoms with Crippen molar-refractivity contribution in [2.24, 2.45) is 0 Å². The van der Waals surface area contributed by atoms with Gasteiger partial charge in [-0.3, -0.25) is 9.59 Å². The van der Waals surface area contributed by atoms with Gasteiger partial charge in [-0.05, 0) is 44.4 Å². The standard InChI is InChI=1S/C21H24N2O5S/c1-13-11-23(12-14(2)27-13)20(25)15(3)28-21(26)16-7-4-5-8-17(16)22-19(24)18-9-6-10-29-18/h4-10,13-15H,11-12H2,1-3H3,(H,22,24). The second-order valence-corrected chi connectivity index (χ2v) is 7.97. The first-order valence-electron chi connectivity index (χ1n) is 9.44. The molecule has 1 aromatic carbocycles. The first-order chi connectivity index (χ1) is 13.8. The van der Waals surface area contributed by atoms with Crippen molar-refractivity contribution in [1.29, 1.82) is 0 Å². The lowest BCUT2D eigenvalue weighted by molar-refractivity contribution is -0.151. The Hall–Kier alpha value is -2.71. The van der Waals surface area contributed by atoms with Crippen molar-refractivity contribution >= 4 is 34.8 Å². The van der Waals surface area contributed by atoms with E-state index < -0.39 is 12.1 Å². The van der Waals surface area contributed by atoms with E-state index in [9.17, 15) is 14.4 Å². The number of anilines is 1. The maximum atomic E-state index is 12.7. The Bertz CT molecular complexity index is 873. The topological polar surface area (TPSA) is 84.9 Å². The molecule has 2 aromatic rings. The van der Waals surface area contributed by atoms with Gasteiger partial charge in [0, 0.05) is 13.1 Å². The normalized spacial score (nSPS) is 20.0. The van der Waals surface area contributed by atoms with Gasteiger partial charge in [0.05, 0.1) is 28.3 Å². The van der Waals surface area contributed by atoms with Crippen molar-refractivity contribution in [3.05, 3.63) is 52.2 Å². The van der Waals surface area contributed by atoms with Crippen LogP contribution in [0.2, 0.25) is 0 Å². The van der Waals surface area contributed by atoms with Crippen LogP contribution in [-0.4, -0.2) is 54.1 Å². The number of rotatable bonds is 5. The van der Waals surface area contributed by atoms with Gasteiger partial charge < -0.3 is 19.7 Å². The monoisotopic (exact) mass is 416 g/mol. The van der Waals surface area contributed by atoms with Gasteiger partial charge in [0.1, 0.15) is 0 Å². The molecule has 1 N–H and O–H groups in total. The quantitative estimate of drug-likeness (QED) is 0.757. The number of benzene rings is 1. The number of morpholine rings is 1. The van der Waals surface area contributed by atoms with Crippen LogP contribution >= 0.6 is 11.3 Å². The fraction of sp³-hybridized carbons (Fsp3) is 0.381. The molecule has 2 amide bonds. The van der Waals surface area contributed by atoms with Crippen LogP contribution in [0.1, 0.15) is 40.8 Å². The highest BCUT2D eigenvalue weighted by Gasteiger charge is 2.31. The van der Waals surface area contributed by atoms with Gasteiger partial charge in [-0.1, -0.05) is 18.2 Å². The first kappa shape index (κ1) is 21.0. The average Bonchev–Trinajstić information content (AvgIpc) is 3.22. The zero-order valence-corrected chi connectivity index (χ0v) is 17.4. The van der Waals surface area contributed by atoms with Crippen molar-refractivity contribution in [1.82, 2.24) is 4.90 Å². The molecule has 3 atom stereocenters. The summed E-state index contributed by atoms with van der Waals surface area (Å²) in [7, 11) is 0. The third-order valence-corrected chi connectivity index (χ3v) is 5.37. The van der Waals surface area contributed by atoms with Crippen LogP contribution in [0, 0.1) is 0 Å². The molecule has 0 saturated carbocycles. The van der Waals surface area contributed by atoms with Crippen LogP contribution in [0.15, 0.2) is 41.8 Å². The highest BCUT2D eigenvalue weighted by Crippen LogP contribution is 2.20. The predicted molar refractivity (Wildman–Crippen MR) is 110 cm³/mol. The molecule has 1 aliphatic rings. The van der Waals surface area contributed by atoms with Gasteiger partial charge in [-0.25, -0.2) is 4.79 Å². The number of ether oxygens (including phenoxy) is 2. The van der Waals surface area contributed by atoms with Crippen molar-refractivity contribution in [3.63, 3.8) is 0 Å². The molecule has 1 saturated heterocycles. The molecule has 3 rings (SSSR count). The maximum Gasteiger partial charge on any atom is 0.341 e. The molecule has 1 aliphatic heterocycles. The average molecular weight is 416 g/mol. The summed E-state index contributed by atoms with van der Waals surface area (Å²) in [6.45, 7) is 6.27. The van der Waals surface area contributed by atoms with E-state index in [1.165, 1.54) is 11.3 Å². The highest BCUT2D eigenvalue weighted by molar-refractivity contribution is 7.12. The fourth-order valence-corrected chi connectivity index (χ4v) is 3.87. The third kappa shape index (κ3) is 5.21. The molecule has 7 nitrogen and oxygen atoms in total. The summed E-state index contributed by atoms with van der Waals surface area (Å²) in [5.74, 6) is -1.23. The molecule has 0 spiro atoms. The zero-order valence-electron chi connectivity index (χ0n) is 16.6. The Labute approximate surface area is 173 Å². The van der Waals surface area contributed by atoms with Gasteiger partial charge in [0.2, 0.25) is 0 Å². The number of carbonyl (C=O) groups excluding carboxylic acids is 3. The van der Waals surface area contributed by atoms with Crippen LogP contribution in [-0.2, 0) is 14.3 Å². The number of hydrogen-bond acceptors (Lipinski definition) is 6. The molecule has 0 bridgehead atoms. The van der Waals surface area contributed by atoms with Gasteiger partial charge >= 0.3 is 5.97 Å². The molecule has 0 aliphatic carbocycles. The maximum absolute atomic E-state index is 12.7. The minimum Gasteiger partial charge on any atom is -0.449 e. The minimum absolute atomic E-state index is 0.0706. The number of para-hydroxylation sites is 1. The molecule has 29 heavy (non-hydrogen) atoms. The van der Waals surface area contributed by atoms with Crippen molar-refractivity contribution in [3.8, 4) is 0 Å². The van der Waals surface area contributed by atoms with Crippen LogP contribution in [0.25, 0.3) is 0 Å². The van der Waals surface area contributed by atoms with Crippen LogP contribution < -0.4 is 5.32 Å². The Balaban J connectivity index is 1.67. The fourth-order valence-electron chi connectivity index (χ4n) is 3.25. The van der Waals surface area contributed by atoms with Gasteiger partial charge in [0.25, 0.3) is 11.8 Å². The highest BCUT2D eigenvalue weighted by atomic mass is 32.1. The van der Waals surface area contributed by atoms with Gasteiger partial charge in [0.15, 0.2) is 6.10 Å². The van der Waals surface area contributed by atoms with E-state index in [0.717, 1.165) is 0 Å². The molecule has 1 fully saturated rings. The number of hydrogen-bond donors (Lipinski definition) is 1. The summed E-state index contributed by atoms with van der Waals surface area (Å²) in [6, 6.07) is 10.1. The summed E-state index contributed by atoms with van der Waals surface area (Å²) >= 11 is 1.31. The summed E-state index contributed by atoms with van der Waals surface area (Å²) in [4.78, 5) is 39.9. The molecular formula is C21H24N2O5S. The third-order valence-electron chi connectivity index (χ3n) is 4.50. The largest absolute Gasteiger partial charge is 0.449 e. The van der Waals surface area contributed by atoms with Crippen LogP contribution in [0.3, 0.4) is 0 Å². The number of amides is 2. The molecule has 1 aromatic heterocycles. The van der Waals surface area contributed by atoms with Crippen molar-refractivity contribution < 1.29 is 23.9 Å². The number of nitrogens with one attached hydrogen (secondary N) is 1. The molecule has 0 radical (unpaired) electrons. The van der Waals surface area contributed by atoms with E-state index in [1.54, 1.807) is 53.6 Å². The summed E-state index contributed by atoms with van der Waals surface area (Å²) in [5, 5.41) is 4.53. The van der Waals surface area contributed by atoms with E-state index in [0.29, 0.717) is 23.7 Å². The Morgan fingerprint density at radius 2 is 1.83 bits per heavy atom.